The lowest BCUT2D eigenvalue weighted by molar-refractivity contribution is 0.279. The molecule has 0 unspecified atom stereocenters. The van der Waals surface area contributed by atoms with Gasteiger partial charge in [-0.3, -0.25) is 5.41 Å². The number of amidine groups is 1. The van der Waals surface area contributed by atoms with Gasteiger partial charge in [0.1, 0.15) is 17.5 Å². The van der Waals surface area contributed by atoms with Crippen LogP contribution < -0.4 is 5.32 Å². The maximum Gasteiger partial charge on any atom is 0.152 e. The molecule has 0 saturated carbocycles. The minimum atomic E-state index is 0.285. The zero-order chi connectivity index (χ0) is 14.7. The number of allylic oxidation sites excluding steroid dienone is 2. The lowest BCUT2D eigenvalue weighted by atomic mass is 9.98. The number of hydrogen-bond acceptors (Lipinski definition) is 4. The molecule has 1 saturated heterocycles. The molecule has 0 bridgehead atoms. The van der Waals surface area contributed by atoms with E-state index in [1.807, 2.05) is 24.8 Å². The molecule has 0 aromatic rings. The number of likely N-dealkylation sites (tertiary alicyclic amines) is 1. The number of piperidine rings is 1. The summed E-state index contributed by atoms with van der Waals surface area (Å²) in [6.45, 7) is 7.74. The molecule has 0 aromatic heterocycles. The number of nitrogens with zero attached hydrogens (tertiary/aromatic N) is 3. The van der Waals surface area contributed by atoms with E-state index in [0.717, 1.165) is 37.3 Å². The first-order valence-electron chi connectivity index (χ1n) is 7.00. The van der Waals surface area contributed by atoms with Gasteiger partial charge in [0.15, 0.2) is 5.82 Å². The van der Waals surface area contributed by atoms with E-state index >= 15 is 0 Å². The predicted octanol–water partition coefficient (Wildman–Crippen LogP) is 2.40. The van der Waals surface area contributed by atoms with Crippen LogP contribution in [0.3, 0.4) is 0 Å². The second-order valence-electron chi connectivity index (χ2n) is 5.56. The summed E-state index contributed by atoms with van der Waals surface area (Å²) < 4.78 is 0. The first-order chi connectivity index (χ1) is 9.51. The molecule has 2 rings (SSSR count). The molecule has 0 amide bonds. The standard InChI is InChI=1S/C15H21N5/c1-10-4-6-20(7-5-10)14(17)13(9-16)15-18-11(2)8-12(3)19-15/h8,10,17-18H,4-7H2,1-3H3. The number of nitriles is 1. The molecule has 0 aliphatic carbocycles. The van der Waals surface area contributed by atoms with Crippen LogP contribution >= 0.6 is 0 Å². The molecule has 0 radical (unpaired) electrons. The molecule has 5 heteroatoms. The first kappa shape index (κ1) is 14.3. The fraction of sp³-hybridized carbons (Fsp3) is 0.533. The summed E-state index contributed by atoms with van der Waals surface area (Å²) in [5, 5.41) is 20.8. The summed E-state index contributed by atoms with van der Waals surface area (Å²) in [7, 11) is 0. The molecular weight excluding hydrogens is 250 g/mol. The molecule has 5 nitrogen and oxygen atoms in total. The highest BCUT2D eigenvalue weighted by atomic mass is 15.2. The van der Waals surface area contributed by atoms with Crippen molar-refractivity contribution < 1.29 is 0 Å². The summed E-state index contributed by atoms with van der Waals surface area (Å²) in [6, 6.07) is 2.14. The molecular formula is C15H21N5. The van der Waals surface area contributed by atoms with Gasteiger partial charge in [-0.15, -0.1) is 0 Å². The lowest BCUT2D eigenvalue weighted by Crippen LogP contribution is -2.39. The average Bonchev–Trinajstić information content (AvgIpc) is 2.39. The van der Waals surface area contributed by atoms with Gasteiger partial charge in [-0.2, -0.15) is 5.26 Å². The van der Waals surface area contributed by atoms with E-state index in [4.69, 9.17) is 5.41 Å². The summed E-state index contributed by atoms with van der Waals surface area (Å²) in [5.41, 5.74) is 2.12. The van der Waals surface area contributed by atoms with Crippen molar-refractivity contribution in [3.63, 3.8) is 0 Å². The van der Waals surface area contributed by atoms with E-state index in [-0.39, 0.29) is 5.84 Å². The van der Waals surface area contributed by atoms with Crippen molar-refractivity contribution in [2.45, 2.75) is 33.6 Å². The van der Waals surface area contributed by atoms with Crippen LogP contribution in [0, 0.1) is 22.7 Å². The smallest absolute Gasteiger partial charge is 0.152 e. The Kier molecular flexibility index (Phi) is 4.23. The fourth-order valence-corrected chi connectivity index (χ4v) is 2.50. The third-order valence-electron chi connectivity index (χ3n) is 3.71. The SMILES string of the molecule is CC1=CC(C)=NC(=C(C#N)C(=N)N2CCC(C)CC2)N1. The molecule has 0 atom stereocenters. The van der Waals surface area contributed by atoms with Crippen LogP contribution in [-0.4, -0.2) is 29.5 Å². The Balaban J connectivity index is 2.23. The van der Waals surface area contributed by atoms with Gasteiger partial charge in [-0.25, -0.2) is 4.99 Å². The van der Waals surface area contributed by atoms with Gasteiger partial charge in [-0.1, -0.05) is 6.92 Å². The number of hydrogen-bond donors (Lipinski definition) is 2. The lowest BCUT2D eigenvalue weighted by Gasteiger charge is -2.32. The molecule has 2 N–H and O–H groups in total. The Labute approximate surface area is 120 Å². The zero-order valence-corrected chi connectivity index (χ0v) is 12.3. The minimum absolute atomic E-state index is 0.285. The Hall–Kier alpha value is -2.09. The van der Waals surface area contributed by atoms with Crippen molar-refractivity contribution in [2.75, 3.05) is 13.1 Å². The largest absolute Gasteiger partial charge is 0.356 e. The van der Waals surface area contributed by atoms with Crippen molar-refractivity contribution in [2.24, 2.45) is 10.9 Å². The second-order valence-corrected chi connectivity index (χ2v) is 5.56. The van der Waals surface area contributed by atoms with Gasteiger partial charge < -0.3 is 10.2 Å². The summed E-state index contributed by atoms with van der Waals surface area (Å²) in [4.78, 5) is 6.33. The van der Waals surface area contributed by atoms with E-state index in [0.29, 0.717) is 17.3 Å². The Morgan fingerprint density at radius 3 is 2.65 bits per heavy atom. The Bertz CT molecular complexity index is 539. The van der Waals surface area contributed by atoms with Gasteiger partial charge in [0, 0.05) is 24.5 Å². The average molecular weight is 271 g/mol. The van der Waals surface area contributed by atoms with Crippen molar-refractivity contribution in [3.8, 4) is 6.07 Å². The molecule has 2 heterocycles. The van der Waals surface area contributed by atoms with Gasteiger partial charge in [0.2, 0.25) is 0 Å². The first-order valence-corrected chi connectivity index (χ1v) is 7.00. The third kappa shape index (κ3) is 3.08. The molecule has 2 aliphatic rings. The van der Waals surface area contributed by atoms with Crippen LogP contribution in [0.2, 0.25) is 0 Å². The van der Waals surface area contributed by atoms with Gasteiger partial charge >= 0.3 is 0 Å². The predicted molar refractivity (Wildman–Crippen MR) is 80.3 cm³/mol. The quantitative estimate of drug-likeness (QED) is 0.437. The van der Waals surface area contributed by atoms with Crippen LogP contribution in [-0.2, 0) is 0 Å². The number of aliphatic imine (C=N–C) groups is 1. The molecule has 2 aliphatic heterocycles. The molecule has 0 spiro atoms. The molecule has 1 fully saturated rings. The Morgan fingerprint density at radius 2 is 2.10 bits per heavy atom. The van der Waals surface area contributed by atoms with E-state index in [2.05, 4.69) is 23.3 Å². The molecule has 0 aromatic carbocycles. The minimum Gasteiger partial charge on any atom is -0.356 e. The van der Waals surface area contributed by atoms with E-state index in [9.17, 15) is 5.26 Å². The van der Waals surface area contributed by atoms with E-state index in [1.165, 1.54) is 0 Å². The monoisotopic (exact) mass is 271 g/mol. The summed E-state index contributed by atoms with van der Waals surface area (Å²) in [6.07, 6.45) is 4.07. The topological polar surface area (TPSA) is 75.3 Å². The third-order valence-corrected chi connectivity index (χ3v) is 3.71. The maximum atomic E-state index is 9.40. The highest BCUT2D eigenvalue weighted by Gasteiger charge is 2.23. The highest BCUT2D eigenvalue weighted by Crippen LogP contribution is 2.20. The van der Waals surface area contributed by atoms with E-state index < -0.39 is 0 Å². The second kappa shape index (κ2) is 5.91. The van der Waals surface area contributed by atoms with Gasteiger partial charge in [0.25, 0.3) is 0 Å². The molecule has 106 valence electrons. The highest BCUT2D eigenvalue weighted by molar-refractivity contribution is 6.02. The van der Waals surface area contributed by atoms with Crippen molar-refractivity contribution >= 4 is 11.5 Å². The van der Waals surface area contributed by atoms with Crippen LogP contribution in [0.4, 0.5) is 0 Å². The van der Waals surface area contributed by atoms with Gasteiger partial charge in [-0.05, 0) is 38.7 Å². The summed E-state index contributed by atoms with van der Waals surface area (Å²) in [5.74, 6) is 1.48. The summed E-state index contributed by atoms with van der Waals surface area (Å²) >= 11 is 0. The number of rotatable bonds is 1. The zero-order valence-electron chi connectivity index (χ0n) is 12.3. The maximum absolute atomic E-state index is 9.40. The fourth-order valence-electron chi connectivity index (χ4n) is 2.50. The van der Waals surface area contributed by atoms with E-state index in [1.54, 1.807) is 0 Å². The van der Waals surface area contributed by atoms with Crippen molar-refractivity contribution in [3.05, 3.63) is 23.2 Å². The number of nitrogens with one attached hydrogen (secondary N) is 2. The van der Waals surface area contributed by atoms with Crippen molar-refractivity contribution in [1.29, 1.82) is 10.7 Å². The van der Waals surface area contributed by atoms with Crippen LogP contribution in [0.5, 0.6) is 0 Å². The van der Waals surface area contributed by atoms with Crippen molar-refractivity contribution in [1.82, 2.24) is 10.2 Å². The van der Waals surface area contributed by atoms with Crippen LogP contribution in [0.25, 0.3) is 0 Å². The van der Waals surface area contributed by atoms with Crippen LogP contribution in [0.15, 0.2) is 28.2 Å². The molecule has 20 heavy (non-hydrogen) atoms. The van der Waals surface area contributed by atoms with Crippen LogP contribution in [0.1, 0.15) is 33.6 Å². The normalized spacial score (nSPS) is 22.4. The van der Waals surface area contributed by atoms with Gasteiger partial charge in [0.05, 0.1) is 0 Å². The Morgan fingerprint density at radius 1 is 1.45 bits per heavy atom.